The molecule has 34 heavy (non-hydrogen) atoms. The van der Waals surface area contributed by atoms with Gasteiger partial charge < -0.3 is 10.7 Å². The SMILES string of the molecule is Cc1ccc(SCc2c(C(=O)NN=Cc3c[nH]c4ccccc34)nnn2-c2nonc2N)cc1. The summed E-state index contributed by atoms with van der Waals surface area (Å²) in [4.78, 5) is 17.1. The highest BCUT2D eigenvalue weighted by molar-refractivity contribution is 7.98. The van der Waals surface area contributed by atoms with Crippen molar-refractivity contribution in [2.75, 3.05) is 5.73 Å². The Morgan fingerprint density at radius 2 is 2.06 bits per heavy atom. The molecule has 1 amide bonds. The van der Waals surface area contributed by atoms with Gasteiger partial charge in [0.2, 0.25) is 11.6 Å². The van der Waals surface area contributed by atoms with E-state index in [1.807, 2.05) is 61.7 Å². The van der Waals surface area contributed by atoms with Gasteiger partial charge in [-0.1, -0.05) is 41.1 Å². The summed E-state index contributed by atoms with van der Waals surface area (Å²) in [7, 11) is 0. The zero-order valence-corrected chi connectivity index (χ0v) is 18.8. The van der Waals surface area contributed by atoms with Crippen LogP contribution < -0.4 is 11.2 Å². The quantitative estimate of drug-likeness (QED) is 0.185. The van der Waals surface area contributed by atoms with Gasteiger partial charge in [-0.25, -0.2) is 10.1 Å². The van der Waals surface area contributed by atoms with Crippen LogP contribution in [-0.2, 0) is 5.75 Å². The maximum absolute atomic E-state index is 12.9. The molecule has 0 bridgehead atoms. The first kappa shape index (κ1) is 21.4. The van der Waals surface area contributed by atoms with Crippen LogP contribution >= 0.6 is 11.8 Å². The number of hydrazone groups is 1. The van der Waals surface area contributed by atoms with Crippen LogP contribution in [0.1, 0.15) is 27.3 Å². The van der Waals surface area contributed by atoms with Gasteiger partial charge in [0.15, 0.2) is 5.69 Å². The fourth-order valence-electron chi connectivity index (χ4n) is 3.32. The van der Waals surface area contributed by atoms with Crippen LogP contribution in [0.4, 0.5) is 5.82 Å². The Bertz CT molecular complexity index is 1480. The lowest BCUT2D eigenvalue weighted by Crippen LogP contribution is -2.20. The third-order valence-electron chi connectivity index (χ3n) is 5.06. The molecule has 11 nitrogen and oxygen atoms in total. The average Bonchev–Trinajstić information content (AvgIpc) is 3.57. The van der Waals surface area contributed by atoms with Crippen LogP contribution in [-0.4, -0.2) is 42.4 Å². The molecule has 0 atom stereocenters. The van der Waals surface area contributed by atoms with Gasteiger partial charge in [-0.05, 0) is 35.4 Å². The molecule has 12 heteroatoms. The summed E-state index contributed by atoms with van der Waals surface area (Å²) in [6.45, 7) is 2.02. The van der Waals surface area contributed by atoms with E-state index in [0.717, 1.165) is 26.9 Å². The molecule has 0 aliphatic rings. The summed E-state index contributed by atoms with van der Waals surface area (Å²) in [6.07, 6.45) is 3.39. The van der Waals surface area contributed by atoms with E-state index in [2.05, 4.69) is 36.1 Å². The standard InChI is InChI=1S/C22H19N9O2S/c1-13-6-8-15(9-7-13)34-12-18-19(26-30-31(18)21-20(23)28-33-29-21)22(32)27-25-11-14-10-24-17-5-3-2-4-16(14)17/h2-11,24H,12H2,1H3,(H2,23,28)(H,27,32). The first-order valence-electron chi connectivity index (χ1n) is 10.2. The van der Waals surface area contributed by atoms with Gasteiger partial charge in [-0.15, -0.1) is 16.9 Å². The number of aromatic amines is 1. The Balaban J connectivity index is 1.39. The molecule has 5 rings (SSSR count). The number of H-pyrrole nitrogens is 1. The predicted molar refractivity (Wildman–Crippen MR) is 128 cm³/mol. The van der Waals surface area contributed by atoms with Crippen molar-refractivity contribution >= 4 is 40.6 Å². The molecule has 0 fully saturated rings. The molecule has 0 saturated carbocycles. The van der Waals surface area contributed by atoms with Gasteiger partial charge in [0.1, 0.15) is 0 Å². The van der Waals surface area contributed by atoms with E-state index in [1.165, 1.54) is 16.4 Å². The van der Waals surface area contributed by atoms with Crippen LogP contribution in [0.25, 0.3) is 16.7 Å². The normalized spacial score (nSPS) is 11.4. The van der Waals surface area contributed by atoms with Gasteiger partial charge in [0.05, 0.1) is 11.9 Å². The van der Waals surface area contributed by atoms with Crippen molar-refractivity contribution in [3.05, 3.63) is 77.2 Å². The van der Waals surface area contributed by atoms with Gasteiger partial charge in [0, 0.05) is 33.3 Å². The number of carbonyl (C=O) groups is 1. The summed E-state index contributed by atoms with van der Waals surface area (Å²) >= 11 is 1.52. The van der Waals surface area contributed by atoms with Gasteiger partial charge in [-0.3, -0.25) is 4.79 Å². The van der Waals surface area contributed by atoms with E-state index in [9.17, 15) is 4.79 Å². The summed E-state index contributed by atoms with van der Waals surface area (Å²) in [5.41, 5.74) is 11.9. The van der Waals surface area contributed by atoms with E-state index in [4.69, 9.17) is 10.4 Å². The number of nitrogens with one attached hydrogen (secondary N) is 2. The number of carbonyl (C=O) groups excluding carboxylic acids is 1. The average molecular weight is 474 g/mol. The minimum absolute atomic E-state index is 0.0378. The maximum Gasteiger partial charge on any atom is 0.293 e. The minimum atomic E-state index is -0.517. The van der Waals surface area contributed by atoms with Crippen molar-refractivity contribution < 1.29 is 9.42 Å². The predicted octanol–water partition coefficient (Wildman–Crippen LogP) is 3.08. The molecule has 2 aromatic carbocycles. The lowest BCUT2D eigenvalue weighted by Gasteiger charge is -2.06. The number of fused-ring (bicyclic) bond motifs is 1. The summed E-state index contributed by atoms with van der Waals surface area (Å²) in [5, 5.41) is 20.6. The van der Waals surface area contributed by atoms with Crippen LogP contribution in [0.2, 0.25) is 0 Å². The summed E-state index contributed by atoms with van der Waals surface area (Å²) in [6, 6.07) is 15.9. The first-order chi connectivity index (χ1) is 16.6. The molecule has 4 N–H and O–H groups in total. The molecular formula is C22H19N9O2S. The number of rotatable bonds is 7. The first-order valence-corrected chi connectivity index (χ1v) is 11.2. The summed E-state index contributed by atoms with van der Waals surface area (Å²) in [5.74, 6) is 0.0538. The highest BCUT2D eigenvalue weighted by atomic mass is 32.2. The minimum Gasteiger partial charge on any atom is -0.378 e. The van der Waals surface area contributed by atoms with E-state index in [1.54, 1.807) is 6.21 Å². The maximum atomic E-state index is 12.9. The van der Waals surface area contributed by atoms with E-state index >= 15 is 0 Å². The Hall–Kier alpha value is -4.45. The Labute approximate surface area is 197 Å². The number of nitrogen functional groups attached to an aromatic ring is 1. The van der Waals surface area contributed by atoms with E-state index < -0.39 is 5.91 Å². The molecule has 0 spiro atoms. The largest absolute Gasteiger partial charge is 0.378 e. The Morgan fingerprint density at radius 3 is 2.85 bits per heavy atom. The number of nitrogens with two attached hydrogens (primary N) is 1. The van der Waals surface area contributed by atoms with Crippen molar-refractivity contribution in [1.82, 2.24) is 35.7 Å². The molecule has 0 aliphatic carbocycles. The third kappa shape index (κ3) is 4.26. The second kappa shape index (κ2) is 9.19. The van der Waals surface area contributed by atoms with Crippen LogP contribution in [0.3, 0.4) is 0 Å². The fourth-order valence-corrected chi connectivity index (χ4v) is 4.21. The number of thioether (sulfide) groups is 1. The number of para-hydroxylation sites is 1. The number of benzene rings is 2. The second-order valence-electron chi connectivity index (χ2n) is 7.36. The lowest BCUT2D eigenvalue weighted by atomic mass is 10.2. The molecule has 3 aromatic heterocycles. The van der Waals surface area contributed by atoms with Crippen molar-refractivity contribution in [3.63, 3.8) is 0 Å². The number of hydrogen-bond donors (Lipinski definition) is 3. The highest BCUT2D eigenvalue weighted by Crippen LogP contribution is 2.26. The van der Waals surface area contributed by atoms with Gasteiger partial charge in [-0.2, -0.15) is 9.78 Å². The van der Waals surface area contributed by atoms with E-state index in [-0.39, 0.29) is 17.3 Å². The molecule has 0 saturated heterocycles. The number of hydrogen-bond acceptors (Lipinski definition) is 9. The third-order valence-corrected chi connectivity index (χ3v) is 6.09. The van der Waals surface area contributed by atoms with Crippen molar-refractivity contribution in [3.8, 4) is 5.82 Å². The molecule has 0 unspecified atom stereocenters. The Kier molecular flexibility index (Phi) is 5.79. The Morgan fingerprint density at radius 1 is 1.24 bits per heavy atom. The number of anilines is 1. The van der Waals surface area contributed by atoms with Crippen LogP contribution in [0.15, 0.2) is 69.4 Å². The zero-order chi connectivity index (χ0) is 23.5. The number of amides is 1. The lowest BCUT2D eigenvalue weighted by molar-refractivity contribution is 0.0949. The molecule has 5 aromatic rings. The van der Waals surface area contributed by atoms with Crippen LogP contribution in [0, 0.1) is 6.92 Å². The second-order valence-corrected chi connectivity index (χ2v) is 8.41. The van der Waals surface area contributed by atoms with Gasteiger partial charge in [0.25, 0.3) is 5.91 Å². The smallest absolute Gasteiger partial charge is 0.293 e. The number of aryl methyl sites for hydroxylation is 1. The molecular weight excluding hydrogens is 454 g/mol. The molecule has 170 valence electrons. The number of nitrogens with zero attached hydrogens (tertiary/aromatic N) is 6. The van der Waals surface area contributed by atoms with Crippen molar-refractivity contribution in [2.24, 2.45) is 5.10 Å². The molecule has 0 aliphatic heterocycles. The van der Waals surface area contributed by atoms with Crippen molar-refractivity contribution in [2.45, 2.75) is 17.6 Å². The van der Waals surface area contributed by atoms with Crippen LogP contribution in [0.5, 0.6) is 0 Å². The number of aromatic nitrogens is 6. The molecule has 3 heterocycles. The topological polar surface area (TPSA) is 153 Å². The highest BCUT2D eigenvalue weighted by Gasteiger charge is 2.24. The molecule has 0 radical (unpaired) electrons. The van der Waals surface area contributed by atoms with E-state index in [0.29, 0.717) is 11.4 Å². The van der Waals surface area contributed by atoms with Gasteiger partial charge >= 0.3 is 0 Å². The zero-order valence-electron chi connectivity index (χ0n) is 18.0. The summed E-state index contributed by atoms with van der Waals surface area (Å²) < 4.78 is 6.05. The monoisotopic (exact) mass is 473 g/mol. The van der Waals surface area contributed by atoms with Crippen molar-refractivity contribution in [1.29, 1.82) is 0 Å². The fraction of sp³-hybridized carbons (Fsp3) is 0.0909.